The Morgan fingerprint density at radius 1 is 1.15 bits per heavy atom. The van der Waals surface area contributed by atoms with Crippen LogP contribution in [0, 0.1) is 0 Å². The number of hydrogen-bond donors (Lipinski definition) is 1. The molecule has 0 radical (unpaired) electrons. The first-order chi connectivity index (χ1) is 16.0. The zero-order valence-corrected chi connectivity index (χ0v) is 19.7. The topological polar surface area (TPSA) is 67.9 Å². The molecule has 33 heavy (non-hydrogen) atoms. The average molecular weight is 469 g/mol. The Morgan fingerprint density at radius 3 is 2.64 bits per heavy atom. The first-order valence-electron chi connectivity index (χ1n) is 11.3. The van der Waals surface area contributed by atoms with Gasteiger partial charge >= 0.3 is 5.97 Å². The maximum atomic E-state index is 13.4. The van der Waals surface area contributed by atoms with Crippen molar-refractivity contribution < 1.29 is 19.1 Å². The van der Waals surface area contributed by atoms with Crippen molar-refractivity contribution in [2.45, 2.75) is 44.3 Å². The van der Waals surface area contributed by atoms with Gasteiger partial charge < -0.3 is 14.4 Å². The third kappa shape index (κ3) is 5.07. The smallest absolute Gasteiger partial charge is 0.327 e. The molecule has 0 saturated carbocycles. The molecule has 0 saturated heterocycles. The second-order valence-corrected chi connectivity index (χ2v) is 8.82. The normalized spacial score (nSPS) is 18.8. The molecule has 0 bridgehead atoms. The van der Waals surface area contributed by atoms with Gasteiger partial charge in [0.1, 0.15) is 18.0 Å². The number of hydrogen-bond acceptors (Lipinski definition) is 5. The van der Waals surface area contributed by atoms with E-state index in [0.29, 0.717) is 23.7 Å². The molecule has 174 valence electrons. The van der Waals surface area contributed by atoms with Crippen LogP contribution in [0.3, 0.4) is 0 Å². The monoisotopic (exact) mass is 468 g/mol. The van der Waals surface area contributed by atoms with E-state index in [1.165, 1.54) is 7.11 Å². The first-order valence-corrected chi connectivity index (χ1v) is 11.6. The van der Waals surface area contributed by atoms with Crippen LogP contribution in [0.4, 0.5) is 0 Å². The second-order valence-electron chi connectivity index (χ2n) is 8.39. The lowest BCUT2D eigenvalue weighted by Crippen LogP contribution is -2.49. The molecule has 6 nitrogen and oxygen atoms in total. The number of esters is 1. The molecule has 1 heterocycles. The van der Waals surface area contributed by atoms with Gasteiger partial charge in [-0.15, -0.1) is 0 Å². The van der Waals surface area contributed by atoms with Gasteiger partial charge in [-0.05, 0) is 73.1 Å². The Balaban J connectivity index is 1.62. The average Bonchev–Trinajstić information content (AvgIpc) is 3.12. The number of nitrogens with zero attached hydrogens (tertiary/aromatic N) is 1. The van der Waals surface area contributed by atoms with Crippen molar-refractivity contribution in [2.75, 3.05) is 20.8 Å². The molecule has 1 N–H and O–H groups in total. The summed E-state index contributed by atoms with van der Waals surface area (Å²) in [5, 5.41) is 4.14. The third-order valence-corrected chi connectivity index (χ3v) is 6.67. The number of benzene rings is 2. The van der Waals surface area contributed by atoms with Gasteiger partial charge in [0.05, 0.1) is 14.2 Å². The number of methoxy groups -OCH3 is 2. The molecule has 1 aliphatic carbocycles. The molecule has 0 fully saturated rings. The molecule has 1 amide bonds. The van der Waals surface area contributed by atoms with Crippen molar-refractivity contribution in [3.8, 4) is 5.75 Å². The zero-order chi connectivity index (χ0) is 23.4. The van der Waals surface area contributed by atoms with Crippen molar-refractivity contribution in [3.05, 3.63) is 75.8 Å². The van der Waals surface area contributed by atoms with Crippen molar-refractivity contribution in [1.29, 1.82) is 0 Å². The van der Waals surface area contributed by atoms with E-state index < -0.39 is 12.0 Å². The Labute approximate surface area is 199 Å². The zero-order valence-electron chi connectivity index (χ0n) is 19.0. The van der Waals surface area contributed by atoms with Gasteiger partial charge in [0, 0.05) is 17.1 Å². The summed E-state index contributed by atoms with van der Waals surface area (Å²) in [4.78, 5) is 28.0. The Kier molecular flexibility index (Phi) is 7.36. The van der Waals surface area contributed by atoms with E-state index in [9.17, 15) is 9.59 Å². The van der Waals surface area contributed by atoms with Crippen molar-refractivity contribution in [3.63, 3.8) is 0 Å². The number of ether oxygens (including phenoxy) is 2. The summed E-state index contributed by atoms with van der Waals surface area (Å²) in [5.41, 5.74) is 3.83. The fourth-order valence-corrected chi connectivity index (χ4v) is 4.80. The van der Waals surface area contributed by atoms with Gasteiger partial charge in [0.2, 0.25) is 0 Å². The number of carbonyl (C=O) groups is 2. The molecule has 1 aliphatic heterocycles. The van der Waals surface area contributed by atoms with Crippen LogP contribution >= 0.6 is 11.6 Å². The number of rotatable bonds is 8. The minimum Gasteiger partial charge on any atom is -0.497 e. The van der Waals surface area contributed by atoms with E-state index >= 15 is 0 Å². The quantitative estimate of drug-likeness (QED) is 0.580. The highest BCUT2D eigenvalue weighted by Gasteiger charge is 2.41. The number of amides is 1. The van der Waals surface area contributed by atoms with Crippen LogP contribution in [0.1, 0.15) is 42.9 Å². The largest absolute Gasteiger partial charge is 0.497 e. The highest BCUT2D eigenvalue weighted by molar-refractivity contribution is 6.30. The fourth-order valence-electron chi connectivity index (χ4n) is 4.67. The summed E-state index contributed by atoms with van der Waals surface area (Å²) in [7, 11) is 2.97. The van der Waals surface area contributed by atoms with Crippen LogP contribution in [0.2, 0.25) is 5.02 Å². The molecular formula is C26H29ClN2O4. The van der Waals surface area contributed by atoms with Gasteiger partial charge in [-0.3, -0.25) is 10.1 Å². The molecule has 0 aromatic heterocycles. The van der Waals surface area contributed by atoms with E-state index in [2.05, 4.69) is 5.32 Å². The summed E-state index contributed by atoms with van der Waals surface area (Å²) in [5.74, 6) is 0.312. The third-order valence-electron chi connectivity index (χ3n) is 6.41. The Hall–Kier alpha value is -2.83. The van der Waals surface area contributed by atoms with Crippen molar-refractivity contribution >= 4 is 23.5 Å². The van der Waals surface area contributed by atoms with Crippen LogP contribution in [0.15, 0.2) is 59.7 Å². The van der Waals surface area contributed by atoms with Crippen LogP contribution in [-0.4, -0.2) is 43.7 Å². The van der Waals surface area contributed by atoms with E-state index in [0.717, 1.165) is 48.0 Å². The summed E-state index contributed by atoms with van der Waals surface area (Å²) < 4.78 is 10.5. The molecule has 0 unspecified atom stereocenters. The molecule has 2 aromatic carbocycles. The first kappa shape index (κ1) is 23.3. The molecule has 2 aliphatic rings. The predicted octanol–water partition coefficient (Wildman–Crippen LogP) is 4.43. The standard InChI is InChI=1S/C26H29ClN2O4/c1-32-20-7-5-6-18(16-20)23(26(31)33-2)28-24-21-8-3-4-9-22(21)25(30)29(24)15-14-17-10-12-19(27)13-11-17/h5-7,10-13,16,23-24,28H,3-4,8-9,14-15H2,1-2H3/t23-,24+/m0/s1. The Bertz CT molecular complexity index is 1050. The van der Waals surface area contributed by atoms with Gasteiger partial charge in [-0.1, -0.05) is 35.9 Å². The van der Waals surface area contributed by atoms with Crippen LogP contribution < -0.4 is 10.1 Å². The minimum atomic E-state index is -0.727. The van der Waals surface area contributed by atoms with Gasteiger partial charge in [-0.2, -0.15) is 0 Å². The van der Waals surface area contributed by atoms with Gasteiger partial charge in [0.15, 0.2) is 0 Å². The van der Waals surface area contributed by atoms with E-state index in [-0.39, 0.29) is 12.1 Å². The summed E-state index contributed by atoms with van der Waals surface area (Å²) in [6.07, 6.45) is 4.03. The maximum absolute atomic E-state index is 13.4. The molecular weight excluding hydrogens is 440 g/mol. The number of halogens is 1. The number of carbonyl (C=O) groups excluding carboxylic acids is 2. The summed E-state index contributed by atoms with van der Waals surface area (Å²) >= 11 is 6.01. The molecule has 0 spiro atoms. The molecule has 2 atom stereocenters. The highest BCUT2D eigenvalue weighted by atomic mass is 35.5. The SMILES string of the molecule is COC(=O)[C@@H](N[C@H]1C2=C(CCCC2)C(=O)N1CCc1ccc(Cl)cc1)c1cccc(OC)c1. The second kappa shape index (κ2) is 10.4. The van der Waals surface area contributed by atoms with Gasteiger partial charge in [0.25, 0.3) is 5.91 Å². The minimum absolute atomic E-state index is 0.0606. The van der Waals surface area contributed by atoms with Crippen LogP contribution in [-0.2, 0) is 20.7 Å². The van der Waals surface area contributed by atoms with Crippen molar-refractivity contribution in [1.82, 2.24) is 10.2 Å². The Morgan fingerprint density at radius 2 is 1.91 bits per heavy atom. The van der Waals surface area contributed by atoms with Crippen LogP contribution in [0.25, 0.3) is 0 Å². The highest BCUT2D eigenvalue weighted by Crippen LogP contribution is 2.37. The van der Waals surface area contributed by atoms with Crippen LogP contribution in [0.5, 0.6) is 5.75 Å². The van der Waals surface area contributed by atoms with E-state index in [1.54, 1.807) is 7.11 Å². The van der Waals surface area contributed by atoms with E-state index in [1.807, 2.05) is 53.4 Å². The lowest BCUT2D eigenvalue weighted by atomic mass is 9.92. The fraction of sp³-hybridized carbons (Fsp3) is 0.385. The summed E-state index contributed by atoms with van der Waals surface area (Å²) in [6, 6.07) is 14.3. The summed E-state index contributed by atoms with van der Waals surface area (Å²) in [6.45, 7) is 0.539. The lowest BCUT2D eigenvalue weighted by Gasteiger charge is -2.31. The molecule has 2 aromatic rings. The van der Waals surface area contributed by atoms with Crippen molar-refractivity contribution in [2.24, 2.45) is 0 Å². The molecule has 7 heteroatoms. The number of nitrogens with one attached hydrogen (secondary N) is 1. The maximum Gasteiger partial charge on any atom is 0.327 e. The molecule has 4 rings (SSSR count). The predicted molar refractivity (Wildman–Crippen MR) is 127 cm³/mol. The lowest BCUT2D eigenvalue weighted by molar-refractivity contribution is -0.144. The van der Waals surface area contributed by atoms with Gasteiger partial charge in [-0.25, -0.2) is 4.79 Å². The van der Waals surface area contributed by atoms with E-state index in [4.69, 9.17) is 21.1 Å².